The first-order chi connectivity index (χ1) is 13.9. The third kappa shape index (κ3) is 5.68. The second kappa shape index (κ2) is 9.38. The number of nitrogens with zero attached hydrogens (tertiary/aromatic N) is 1. The highest BCUT2D eigenvalue weighted by Gasteiger charge is 2.22. The van der Waals surface area contributed by atoms with E-state index in [1.165, 1.54) is 19.1 Å². The largest absolute Gasteiger partial charge is 0.490 e. The molecule has 150 valence electrons. The first-order valence-corrected chi connectivity index (χ1v) is 9.70. The summed E-state index contributed by atoms with van der Waals surface area (Å²) in [6.45, 7) is 3.92. The van der Waals surface area contributed by atoms with Crippen LogP contribution in [-0.4, -0.2) is 23.6 Å². The van der Waals surface area contributed by atoms with Gasteiger partial charge in [0, 0.05) is 6.92 Å². The molecule has 1 N–H and O–H groups in total. The number of halogens is 1. The summed E-state index contributed by atoms with van der Waals surface area (Å²) in [5, 5.41) is 2.77. The molecule has 2 amide bonds. The van der Waals surface area contributed by atoms with Crippen molar-refractivity contribution in [3.63, 3.8) is 0 Å². The van der Waals surface area contributed by atoms with Gasteiger partial charge in [-0.2, -0.15) is 4.99 Å². The van der Waals surface area contributed by atoms with Crippen LogP contribution >= 0.6 is 11.8 Å². The Morgan fingerprint density at radius 2 is 1.93 bits per heavy atom. The predicted molar refractivity (Wildman–Crippen MR) is 110 cm³/mol. The van der Waals surface area contributed by atoms with Crippen molar-refractivity contribution in [2.45, 2.75) is 20.5 Å². The summed E-state index contributed by atoms with van der Waals surface area (Å²) in [5.74, 6) is 0.0763. The molecule has 1 heterocycles. The highest BCUT2D eigenvalue weighted by Crippen LogP contribution is 2.32. The van der Waals surface area contributed by atoms with Crippen LogP contribution in [0.2, 0.25) is 0 Å². The van der Waals surface area contributed by atoms with Gasteiger partial charge in [0.25, 0.3) is 5.91 Å². The quantitative estimate of drug-likeness (QED) is 0.726. The molecule has 0 saturated carbocycles. The molecule has 0 spiro atoms. The number of carbonyl (C=O) groups is 2. The van der Waals surface area contributed by atoms with E-state index in [9.17, 15) is 14.0 Å². The Morgan fingerprint density at radius 1 is 1.17 bits per heavy atom. The van der Waals surface area contributed by atoms with Crippen LogP contribution in [0.5, 0.6) is 11.5 Å². The van der Waals surface area contributed by atoms with Gasteiger partial charge < -0.3 is 14.8 Å². The Morgan fingerprint density at radius 3 is 2.62 bits per heavy atom. The zero-order chi connectivity index (χ0) is 20.8. The van der Waals surface area contributed by atoms with Gasteiger partial charge in [-0.1, -0.05) is 18.2 Å². The van der Waals surface area contributed by atoms with Gasteiger partial charge >= 0.3 is 0 Å². The summed E-state index contributed by atoms with van der Waals surface area (Å²) in [6.07, 6.45) is 1.68. The molecule has 2 aromatic rings. The number of ether oxygens (including phenoxy) is 2. The molecule has 0 atom stereocenters. The number of rotatable bonds is 6. The van der Waals surface area contributed by atoms with Gasteiger partial charge in [-0.3, -0.25) is 9.59 Å². The highest BCUT2D eigenvalue weighted by atomic mass is 32.2. The number of aliphatic imine (C=N–C) groups is 1. The monoisotopic (exact) mass is 414 g/mol. The van der Waals surface area contributed by atoms with Crippen LogP contribution < -0.4 is 14.8 Å². The van der Waals surface area contributed by atoms with Gasteiger partial charge in [-0.25, -0.2) is 4.39 Å². The first kappa shape index (κ1) is 20.6. The fourth-order valence-electron chi connectivity index (χ4n) is 2.51. The van der Waals surface area contributed by atoms with Crippen LogP contribution in [0.15, 0.2) is 52.4 Å². The van der Waals surface area contributed by atoms with Crippen molar-refractivity contribution in [1.82, 2.24) is 5.32 Å². The summed E-state index contributed by atoms with van der Waals surface area (Å²) >= 11 is 1.10. The molecular formula is C21H19FN2O4S. The predicted octanol–water partition coefficient (Wildman–Crippen LogP) is 3.91. The van der Waals surface area contributed by atoms with Crippen LogP contribution in [0.4, 0.5) is 4.39 Å². The number of benzene rings is 2. The zero-order valence-electron chi connectivity index (χ0n) is 15.9. The van der Waals surface area contributed by atoms with Crippen LogP contribution in [0.25, 0.3) is 6.08 Å². The lowest BCUT2D eigenvalue weighted by Gasteiger charge is -2.13. The van der Waals surface area contributed by atoms with Crippen molar-refractivity contribution in [2.75, 3.05) is 6.61 Å². The van der Waals surface area contributed by atoms with Gasteiger partial charge in [0.1, 0.15) is 12.4 Å². The Hall–Kier alpha value is -3.13. The maximum atomic E-state index is 13.0. The molecule has 0 bridgehead atoms. The molecule has 0 unspecified atom stereocenters. The van der Waals surface area contributed by atoms with E-state index >= 15 is 0 Å². The summed E-state index contributed by atoms with van der Waals surface area (Å²) in [7, 11) is 0. The number of hydrogen-bond donors (Lipinski definition) is 1. The SMILES string of the molecule is CCOc1cc(/C=C2\SC(NC(C)=O)=NC2=O)ccc1OCc1ccc(F)cc1. The van der Waals surface area contributed by atoms with Crippen molar-refractivity contribution < 1.29 is 23.5 Å². The molecule has 3 rings (SSSR count). The van der Waals surface area contributed by atoms with E-state index in [-0.39, 0.29) is 23.5 Å². The molecule has 8 heteroatoms. The van der Waals surface area contributed by atoms with Crippen molar-refractivity contribution in [3.8, 4) is 11.5 Å². The van der Waals surface area contributed by atoms with E-state index in [2.05, 4.69) is 10.3 Å². The summed E-state index contributed by atoms with van der Waals surface area (Å²) in [4.78, 5) is 27.4. The lowest BCUT2D eigenvalue weighted by molar-refractivity contribution is -0.117. The zero-order valence-corrected chi connectivity index (χ0v) is 16.7. The van der Waals surface area contributed by atoms with Crippen LogP contribution in [0, 0.1) is 5.82 Å². The number of amidine groups is 1. The molecule has 0 aromatic heterocycles. The van der Waals surface area contributed by atoms with E-state index < -0.39 is 5.91 Å². The van der Waals surface area contributed by atoms with Crippen LogP contribution in [-0.2, 0) is 16.2 Å². The maximum Gasteiger partial charge on any atom is 0.286 e. The first-order valence-electron chi connectivity index (χ1n) is 8.89. The van der Waals surface area contributed by atoms with Crippen molar-refractivity contribution in [1.29, 1.82) is 0 Å². The summed E-state index contributed by atoms with van der Waals surface area (Å²) < 4.78 is 24.5. The van der Waals surface area contributed by atoms with Gasteiger partial charge in [0.2, 0.25) is 5.91 Å². The Kier molecular flexibility index (Phi) is 6.66. The molecule has 0 aliphatic carbocycles. The minimum absolute atomic E-state index is 0.262. The van der Waals surface area contributed by atoms with Crippen LogP contribution in [0.1, 0.15) is 25.0 Å². The van der Waals surface area contributed by atoms with Crippen molar-refractivity contribution >= 4 is 34.8 Å². The molecular weight excluding hydrogens is 395 g/mol. The van der Waals surface area contributed by atoms with Gasteiger partial charge in [0.05, 0.1) is 11.5 Å². The number of nitrogens with one attached hydrogen (secondary N) is 1. The third-order valence-corrected chi connectivity index (χ3v) is 4.68. The second-order valence-corrected chi connectivity index (χ2v) is 7.10. The van der Waals surface area contributed by atoms with E-state index in [4.69, 9.17) is 9.47 Å². The molecule has 6 nitrogen and oxygen atoms in total. The fourth-order valence-corrected chi connectivity index (χ4v) is 3.37. The van der Waals surface area contributed by atoms with E-state index in [0.29, 0.717) is 23.0 Å². The van der Waals surface area contributed by atoms with E-state index in [1.54, 1.807) is 36.4 Å². The molecule has 0 fully saturated rings. The minimum Gasteiger partial charge on any atom is -0.490 e. The molecule has 1 aliphatic rings. The third-order valence-electron chi connectivity index (χ3n) is 3.78. The fraction of sp³-hybridized carbons (Fsp3) is 0.190. The van der Waals surface area contributed by atoms with E-state index in [1.807, 2.05) is 6.92 Å². The van der Waals surface area contributed by atoms with Gasteiger partial charge in [0.15, 0.2) is 16.7 Å². The Bertz CT molecular complexity index is 987. The smallest absolute Gasteiger partial charge is 0.286 e. The molecule has 2 aromatic carbocycles. The summed E-state index contributed by atoms with van der Waals surface area (Å²) in [5.41, 5.74) is 1.56. The summed E-state index contributed by atoms with van der Waals surface area (Å²) in [6, 6.07) is 11.4. The van der Waals surface area contributed by atoms with Crippen LogP contribution in [0.3, 0.4) is 0 Å². The molecule has 1 aliphatic heterocycles. The van der Waals surface area contributed by atoms with Crippen molar-refractivity contribution in [2.24, 2.45) is 4.99 Å². The standard InChI is InChI=1S/C21H19FN2O4S/c1-3-27-18-10-15(11-19-20(26)24-21(29-19)23-13(2)25)6-9-17(18)28-12-14-4-7-16(22)8-5-14/h4-11H,3,12H2,1-2H3,(H,23,24,25,26)/b19-11-. The number of carbonyl (C=O) groups excluding carboxylic acids is 2. The lowest BCUT2D eigenvalue weighted by atomic mass is 10.2. The number of thioether (sulfide) groups is 1. The lowest BCUT2D eigenvalue weighted by Crippen LogP contribution is -2.23. The molecule has 29 heavy (non-hydrogen) atoms. The molecule has 0 radical (unpaired) electrons. The minimum atomic E-state index is -0.409. The molecule has 0 saturated heterocycles. The van der Waals surface area contributed by atoms with E-state index in [0.717, 1.165) is 22.9 Å². The number of hydrogen-bond acceptors (Lipinski definition) is 5. The maximum absolute atomic E-state index is 13.0. The van der Waals surface area contributed by atoms with Crippen molar-refractivity contribution in [3.05, 3.63) is 64.3 Å². The highest BCUT2D eigenvalue weighted by molar-refractivity contribution is 8.18. The Balaban J connectivity index is 1.74. The average molecular weight is 414 g/mol. The topological polar surface area (TPSA) is 77.0 Å². The number of amides is 2. The normalized spacial score (nSPS) is 14.7. The van der Waals surface area contributed by atoms with Gasteiger partial charge in [-0.05, 0) is 60.2 Å². The van der Waals surface area contributed by atoms with Gasteiger partial charge in [-0.15, -0.1) is 0 Å². The second-order valence-electron chi connectivity index (χ2n) is 6.07. The average Bonchev–Trinajstić information content (AvgIpc) is 3.01. The Labute approximate surface area is 171 Å².